The normalized spacial score (nSPS) is 18.0. The summed E-state index contributed by atoms with van der Waals surface area (Å²) in [4.78, 5) is 31.7. The molecule has 1 heterocycles. The molecule has 6 heteroatoms. The number of benzene rings is 3. The maximum atomic E-state index is 14.1. The summed E-state index contributed by atoms with van der Waals surface area (Å²) < 4.78 is 10.6. The zero-order valence-electron chi connectivity index (χ0n) is 21.4. The Kier molecular flexibility index (Phi) is 7.93. The van der Waals surface area contributed by atoms with Crippen molar-refractivity contribution < 1.29 is 19.1 Å². The lowest BCUT2D eigenvalue weighted by atomic mass is 9.91. The summed E-state index contributed by atoms with van der Waals surface area (Å²) in [6.45, 7) is 4.74. The van der Waals surface area contributed by atoms with E-state index in [4.69, 9.17) is 9.47 Å². The van der Waals surface area contributed by atoms with Crippen molar-refractivity contribution >= 4 is 11.8 Å². The summed E-state index contributed by atoms with van der Waals surface area (Å²) in [5.41, 5.74) is 2.95. The van der Waals surface area contributed by atoms with Crippen LogP contribution in [0.4, 0.5) is 0 Å². The van der Waals surface area contributed by atoms with Crippen LogP contribution in [0.3, 0.4) is 0 Å². The molecule has 188 valence electrons. The first kappa shape index (κ1) is 25.3. The minimum Gasteiger partial charge on any atom is -0.497 e. The predicted molar refractivity (Wildman–Crippen MR) is 140 cm³/mol. The van der Waals surface area contributed by atoms with E-state index in [1.165, 1.54) is 0 Å². The highest BCUT2D eigenvalue weighted by Crippen LogP contribution is 2.29. The van der Waals surface area contributed by atoms with Gasteiger partial charge < -0.3 is 19.3 Å². The van der Waals surface area contributed by atoms with Crippen molar-refractivity contribution in [2.75, 3.05) is 14.2 Å². The first-order valence-electron chi connectivity index (χ1n) is 12.3. The molecule has 0 N–H and O–H groups in total. The van der Waals surface area contributed by atoms with Gasteiger partial charge in [0.1, 0.15) is 23.6 Å². The Labute approximate surface area is 213 Å². The van der Waals surface area contributed by atoms with Gasteiger partial charge in [-0.05, 0) is 46.9 Å². The lowest BCUT2D eigenvalue weighted by Crippen LogP contribution is -2.65. The second-order valence-corrected chi connectivity index (χ2v) is 9.52. The predicted octanol–water partition coefficient (Wildman–Crippen LogP) is 4.71. The highest BCUT2D eigenvalue weighted by molar-refractivity contribution is 5.97. The van der Waals surface area contributed by atoms with E-state index in [1.54, 1.807) is 24.0 Å². The van der Waals surface area contributed by atoms with Crippen LogP contribution < -0.4 is 9.47 Å². The van der Waals surface area contributed by atoms with E-state index in [0.29, 0.717) is 19.5 Å². The first-order chi connectivity index (χ1) is 17.4. The maximum Gasteiger partial charge on any atom is 0.246 e. The number of ether oxygens (including phenoxy) is 2. The highest BCUT2D eigenvalue weighted by atomic mass is 16.5. The highest BCUT2D eigenvalue weighted by Gasteiger charge is 2.46. The minimum atomic E-state index is -0.588. The molecule has 2 atom stereocenters. The molecule has 1 saturated heterocycles. The van der Waals surface area contributed by atoms with Gasteiger partial charge in [-0.25, -0.2) is 0 Å². The van der Waals surface area contributed by atoms with Gasteiger partial charge in [0, 0.05) is 19.5 Å². The van der Waals surface area contributed by atoms with E-state index < -0.39 is 12.1 Å². The molecule has 1 aliphatic rings. The monoisotopic (exact) mass is 486 g/mol. The van der Waals surface area contributed by atoms with Gasteiger partial charge >= 0.3 is 0 Å². The van der Waals surface area contributed by atoms with Gasteiger partial charge in [0.05, 0.1) is 14.2 Å². The van der Waals surface area contributed by atoms with Crippen molar-refractivity contribution in [2.45, 2.75) is 45.4 Å². The summed E-state index contributed by atoms with van der Waals surface area (Å²) in [5.74, 6) is 1.44. The molecular formula is C30H34N2O4. The average Bonchev–Trinajstić information content (AvgIpc) is 2.90. The maximum absolute atomic E-state index is 14.1. The Balaban J connectivity index is 1.68. The third-order valence-corrected chi connectivity index (χ3v) is 6.74. The standard InChI is InChI=1S/C30H34N2O4/c1-21(2)28-30(34)31(19-23-10-14-25(35-3)15-11-23)27(18-22-8-6-5-7-9-22)29(33)32(28)20-24-12-16-26(36-4)17-13-24/h5-17,21,27-28H,18-20H2,1-4H3/t27-,28-/m0/s1. The van der Waals surface area contributed by atoms with Gasteiger partial charge in [-0.2, -0.15) is 0 Å². The average molecular weight is 487 g/mol. The van der Waals surface area contributed by atoms with Crippen LogP contribution in [-0.2, 0) is 29.1 Å². The van der Waals surface area contributed by atoms with Gasteiger partial charge in [-0.15, -0.1) is 0 Å². The second-order valence-electron chi connectivity index (χ2n) is 9.52. The number of hydrogen-bond acceptors (Lipinski definition) is 4. The number of hydrogen-bond donors (Lipinski definition) is 0. The lowest BCUT2D eigenvalue weighted by Gasteiger charge is -2.46. The van der Waals surface area contributed by atoms with Crippen LogP contribution in [-0.4, -0.2) is 47.9 Å². The zero-order valence-corrected chi connectivity index (χ0v) is 21.4. The number of piperazine rings is 1. The molecule has 1 fully saturated rings. The number of nitrogens with zero attached hydrogens (tertiary/aromatic N) is 2. The fourth-order valence-corrected chi connectivity index (χ4v) is 4.82. The summed E-state index contributed by atoms with van der Waals surface area (Å²) in [7, 11) is 3.25. The fraction of sp³-hybridized carbons (Fsp3) is 0.333. The molecule has 6 nitrogen and oxygen atoms in total. The molecule has 0 aromatic heterocycles. The SMILES string of the molecule is COc1ccc(CN2C(=O)[C@H](Cc3ccccc3)N(Cc3ccc(OC)cc3)C(=O)[C@@H]2C(C)C)cc1. The van der Waals surface area contributed by atoms with E-state index in [1.807, 2.05) is 92.7 Å². The fourth-order valence-electron chi connectivity index (χ4n) is 4.82. The topological polar surface area (TPSA) is 59.1 Å². The first-order valence-corrected chi connectivity index (χ1v) is 12.3. The Morgan fingerprint density at radius 1 is 0.667 bits per heavy atom. The number of carbonyl (C=O) groups is 2. The molecule has 4 rings (SSSR count). The van der Waals surface area contributed by atoms with Crippen molar-refractivity contribution in [1.29, 1.82) is 0 Å². The quantitative estimate of drug-likeness (QED) is 0.440. The second kappa shape index (κ2) is 11.3. The molecule has 0 saturated carbocycles. The molecule has 0 bridgehead atoms. The Bertz CT molecular complexity index is 1160. The van der Waals surface area contributed by atoms with E-state index in [2.05, 4.69) is 0 Å². The minimum absolute atomic E-state index is 0.0186. The van der Waals surface area contributed by atoms with Crippen molar-refractivity contribution in [2.24, 2.45) is 5.92 Å². The van der Waals surface area contributed by atoms with Crippen LogP contribution in [0.2, 0.25) is 0 Å². The number of rotatable bonds is 9. The smallest absolute Gasteiger partial charge is 0.246 e. The largest absolute Gasteiger partial charge is 0.497 e. The molecule has 0 unspecified atom stereocenters. The molecule has 0 radical (unpaired) electrons. The third kappa shape index (κ3) is 5.54. The number of carbonyl (C=O) groups excluding carboxylic acids is 2. The van der Waals surface area contributed by atoms with Crippen LogP contribution in [0.5, 0.6) is 11.5 Å². The van der Waals surface area contributed by atoms with Crippen LogP contribution in [0.25, 0.3) is 0 Å². The van der Waals surface area contributed by atoms with E-state index in [9.17, 15) is 9.59 Å². The Hall–Kier alpha value is -3.80. The van der Waals surface area contributed by atoms with Crippen LogP contribution >= 0.6 is 0 Å². The van der Waals surface area contributed by atoms with Crippen molar-refractivity contribution in [3.63, 3.8) is 0 Å². The van der Waals surface area contributed by atoms with E-state index in [0.717, 1.165) is 28.2 Å². The molecule has 0 aliphatic carbocycles. The molecule has 0 spiro atoms. The van der Waals surface area contributed by atoms with Gasteiger partial charge in [-0.3, -0.25) is 9.59 Å². The molecule has 3 aromatic carbocycles. The van der Waals surface area contributed by atoms with Gasteiger partial charge in [0.25, 0.3) is 0 Å². The third-order valence-electron chi connectivity index (χ3n) is 6.74. The van der Waals surface area contributed by atoms with Crippen molar-refractivity contribution in [3.05, 3.63) is 95.6 Å². The van der Waals surface area contributed by atoms with Gasteiger partial charge in [-0.1, -0.05) is 68.4 Å². The summed E-state index contributed by atoms with van der Waals surface area (Å²) in [5, 5.41) is 0. The molecule has 3 aromatic rings. The molecule has 1 aliphatic heterocycles. The lowest BCUT2D eigenvalue weighted by molar-refractivity contribution is -0.165. The van der Waals surface area contributed by atoms with Gasteiger partial charge in [0.2, 0.25) is 11.8 Å². The van der Waals surface area contributed by atoms with Crippen LogP contribution in [0.15, 0.2) is 78.9 Å². The van der Waals surface area contributed by atoms with E-state index >= 15 is 0 Å². The van der Waals surface area contributed by atoms with E-state index in [-0.39, 0.29) is 17.7 Å². The molecule has 2 amide bonds. The molecular weight excluding hydrogens is 452 g/mol. The zero-order chi connectivity index (χ0) is 25.7. The number of methoxy groups -OCH3 is 2. The summed E-state index contributed by atoms with van der Waals surface area (Å²) >= 11 is 0. The van der Waals surface area contributed by atoms with Crippen LogP contribution in [0, 0.1) is 5.92 Å². The molecule has 36 heavy (non-hydrogen) atoms. The Morgan fingerprint density at radius 2 is 1.17 bits per heavy atom. The summed E-state index contributed by atoms with van der Waals surface area (Å²) in [6, 6.07) is 24.1. The van der Waals surface area contributed by atoms with Gasteiger partial charge in [0.15, 0.2) is 0 Å². The van der Waals surface area contributed by atoms with Crippen molar-refractivity contribution in [3.8, 4) is 11.5 Å². The number of amides is 2. The summed E-state index contributed by atoms with van der Waals surface area (Å²) in [6.07, 6.45) is 0.464. The van der Waals surface area contributed by atoms with Crippen molar-refractivity contribution in [1.82, 2.24) is 9.80 Å². The van der Waals surface area contributed by atoms with Crippen LogP contribution in [0.1, 0.15) is 30.5 Å². The Morgan fingerprint density at radius 3 is 1.64 bits per heavy atom.